The van der Waals surface area contributed by atoms with E-state index in [2.05, 4.69) is 76.2 Å². The van der Waals surface area contributed by atoms with Crippen molar-refractivity contribution in [2.45, 2.75) is 57.3 Å². The third kappa shape index (κ3) is 2.73. The molecule has 1 aliphatic carbocycles. The standard InChI is InChI=1S/C21H26BNO2/c1-19(2)20(3,4)25-22(24-19)18-11-7-10-17(12-18)21(23)13-15-8-5-6-9-16(15)14-21/h5-12H,13-14,23H2,1-4H3. The molecule has 130 valence electrons. The summed E-state index contributed by atoms with van der Waals surface area (Å²) in [5.41, 5.74) is 10.7. The van der Waals surface area contributed by atoms with Crippen LogP contribution in [0.2, 0.25) is 0 Å². The zero-order valence-corrected chi connectivity index (χ0v) is 15.5. The normalized spacial score (nSPS) is 22.8. The fraction of sp³-hybridized carbons (Fsp3) is 0.429. The Morgan fingerprint density at radius 2 is 1.40 bits per heavy atom. The van der Waals surface area contributed by atoms with Crippen molar-refractivity contribution in [3.8, 4) is 0 Å². The number of nitrogens with two attached hydrogens (primary N) is 1. The lowest BCUT2D eigenvalue weighted by atomic mass is 9.76. The first-order valence-corrected chi connectivity index (χ1v) is 9.02. The molecule has 0 aromatic heterocycles. The molecule has 1 saturated heterocycles. The monoisotopic (exact) mass is 335 g/mol. The molecule has 2 aromatic carbocycles. The Labute approximate surface area is 150 Å². The lowest BCUT2D eigenvalue weighted by Gasteiger charge is -2.32. The van der Waals surface area contributed by atoms with Gasteiger partial charge in [-0.05, 0) is 62.7 Å². The van der Waals surface area contributed by atoms with Gasteiger partial charge < -0.3 is 15.0 Å². The Hall–Kier alpha value is -1.62. The zero-order valence-electron chi connectivity index (χ0n) is 15.5. The van der Waals surface area contributed by atoms with E-state index in [4.69, 9.17) is 15.0 Å². The van der Waals surface area contributed by atoms with Crippen molar-refractivity contribution in [1.29, 1.82) is 0 Å². The summed E-state index contributed by atoms with van der Waals surface area (Å²) in [7, 11) is -0.350. The lowest BCUT2D eigenvalue weighted by Crippen LogP contribution is -2.41. The average Bonchev–Trinajstić information content (AvgIpc) is 3.01. The first-order chi connectivity index (χ1) is 11.7. The summed E-state index contributed by atoms with van der Waals surface area (Å²) in [6.45, 7) is 8.31. The van der Waals surface area contributed by atoms with Gasteiger partial charge >= 0.3 is 7.12 Å². The lowest BCUT2D eigenvalue weighted by molar-refractivity contribution is 0.00578. The van der Waals surface area contributed by atoms with Crippen molar-refractivity contribution in [1.82, 2.24) is 0 Å². The van der Waals surface area contributed by atoms with Crippen molar-refractivity contribution in [3.05, 3.63) is 65.2 Å². The van der Waals surface area contributed by atoms with Crippen LogP contribution in [0.1, 0.15) is 44.4 Å². The maximum absolute atomic E-state index is 6.82. The van der Waals surface area contributed by atoms with Gasteiger partial charge in [-0.15, -0.1) is 0 Å². The molecule has 0 atom stereocenters. The SMILES string of the molecule is CC1(C)OB(c2cccc(C3(N)Cc4ccccc4C3)c2)OC1(C)C. The molecule has 2 N–H and O–H groups in total. The van der Waals surface area contributed by atoms with Crippen molar-refractivity contribution >= 4 is 12.6 Å². The predicted molar refractivity (Wildman–Crippen MR) is 102 cm³/mol. The van der Waals surface area contributed by atoms with Crippen LogP contribution in [0.15, 0.2) is 48.5 Å². The molecule has 0 spiro atoms. The third-order valence-corrected chi connectivity index (χ3v) is 6.12. The Balaban J connectivity index is 1.64. The zero-order chi connectivity index (χ0) is 17.9. The molecule has 1 fully saturated rings. The Bertz CT molecular complexity index is 774. The maximum Gasteiger partial charge on any atom is 0.494 e. The molecule has 3 nitrogen and oxygen atoms in total. The highest BCUT2D eigenvalue weighted by atomic mass is 16.7. The van der Waals surface area contributed by atoms with E-state index in [-0.39, 0.29) is 23.9 Å². The van der Waals surface area contributed by atoms with Crippen LogP contribution >= 0.6 is 0 Å². The van der Waals surface area contributed by atoms with Gasteiger partial charge in [-0.3, -0.25) is 0 Å². The Kier molecular flexibility index (Phi) is 3.66. The van der Waals surface area contributed by atoms with E-state index in [1.807, 2.05) is 0 Å². The second-order valence-corrected chi connectivity index (χ2v) is 8.49. The number of fused-ring (bicyclic) bond motifs is 1. The highest BCUT2D eigenvalue weighted by Crippen LogP contribution is 2.38. The van der Waals surface area contributed by atoms with E-state index in [1.54, 1.807) is 0 Å². The van der Waals surface area contributed by atoms with E-state index in [9.17, 15) is 0 Å². The van der Waals surface area contributed by atoms with E-state index in [1.165, 1.54) is 11.1 Å². The number of hydrogen-bond acceptors (Lipinski definition) is 3. The van der Waals surface area contributed by atoms with E-state index in [0.29, 0.717) is 0 Å². The highest BCUT2D eigenvalue weighted by molar-refractivity contribution is 6.62. The first kappa shape index (κ1) is 16.8. The van der Waals surface area contributed by atoms with Gasteiger partial charge in [0, 0.05) is 5.54 Å². The average molecular weight is 335 g/mol. The molecular weight excluding hydrogens is 309 g/mol. The van der Waals surface area contributed by atoms with Crippen molar-refractivity contribution in [2.24, 2.45) is 5.73 Å². The number of hydrogen-bond donors (Lipinski definition) is 1. The molecule has 0 unspecified atom stereocenters. The second-order valence-electron chi connectivity index (χ2n) is 8.49. The minimum absolute atomic E-state index is 0.336. The van der Waals surface area contributed by atoms with E-state index in [0.717, 1.165) is 23.9 Å². The summed E-state index contributed by atoms with van der Waals surface area (Å²) in [6, 6.07) is 17.0. The van der Waals surface area contributed by atoms with Gasteiger partial charge in [0.15, 0.2) is 0 Å². The van der Waals surface area contributed by atoms with Crippen molar-refractivity contribution in [2.75, 3.05) is 0 Å². The predicted octanol–water partition coefficient (Wildman–Crippen LogP) is 2.94. The van der Waals surface area contributed by atoms with Gasteiger partial charge in [-0.25, -0.2) is 0 Å². The van der Waals surface area contributed by atoms with Crippen LogP contribution in [-0.2, 0) is 27.7 Å². The van der Waals surface area contributed by atoms with Gasteiger partial charge in [0.25, 0.3) is 0 Å². The van der Waals surface area contributed by atoms with Crippen LogP contribution in [0.5, 0.6) is 0 Å². The van der Waals surface area contributed by atoms with Gasteiger partial charge in [-0.2, -0.15) is 0 Å². The van der Waals surface area contributed by atoms with Crippen LogP contribution < -0.4 is 11.2 Å². The largest absolute Gasteiger partial charge is 0.494 e. The summed E-state index contributed by atoms with van der Waals surface area (Å²) >= 11 is 0. The summed E-state index contributed by atoms with van der Waals surface area (Å²) in [5.74, 6) is 0. The smallest absolute Gasteiger partial charge is 0.399 e. The molecule has 0 amide bonds. The van der Waals surface area contributed by atoms with Gasteiger partial charge in [0.2, 0.25) is 0 Å². The first-order valence-electron chi connectivity index (χ1n) is 9.02. The molecule has 25 heavy (non-hydrogen) atoms. The number of benzene rings is 2. The topological polar surface area (TPSA) is 44.5 Å². The molecule has 0 saturated carbocycles. The molecule has 2 aliphatic rings. The quantitative estimate of drug-likeness (QED) is 0.859. The van der Waals surface area contributed by atoms with Crippen LogP contribution in [-0.4, -0.2) is 18.3 Å². The molecule has 4 rings (SSSR count). The summed E-state index contributed by atoms with van der Waals surface area (Å²) in [4.78, 5) is 0. The van der Waals surface area contributed by atoms with E-state index < -0.39 is 0 Å². The highest BCUT2D eigenvalue weighted by Gasteiger charge is 2.51. The fourth-order valence-corrected chi connectivity index (χ4v) is 3.82. The van der Waals surface area contributed by atoms with Crippen LogP contribution in [0.4, 0.5) is 0 Å². The minimum Gasteiger partial charge on any atom is -0.399 e. The molecule has 4 heteroatoms. The molecule has 0 radical (unpaired) electrons. The molecule has 1 heterocycles. The molecule has 0 bridgehead atoms. The Morgan fingerprint density at radius 1 is 0.840 bits per heavy atom. The fourth-order valence-electron chi connectivity index (χ4n) is 3.82. The van der Waals surface area contributed by atoms with Gasteiger partial charge in [0.05, 0.1) is 11.2 Å². The Morgan fingerprint density at radius 3 is 1.96 bits per heavy atom. The minimum atomic E-state index is -0.358. The summed E-state index contributed by atoms with van der Waals surface area (Å²) in [6.07, 6.45) is 1.74. The van der Waals surface area contributed by atoms with Crippen LogP contribution in [0.3, 0.4) is 0 Å². The van der Waals surface area contributed by atoms with Crippen LogP contribution in [0, 0.1) is 0 Å². The van der Waals surface area contributed by atoms with Crippen LogP contribution in [0.25, 0.3) is 0 Å². The summed E-state index contributed by atoms with van der Waals surface area (Å²) < 4.78 is 12.4. The van der Waals surface area contributed by atoms with Gasteiger partial charge in [-0.1, -0.05) is 48.5 Å². The summed E-state index contributed by atoms with van der Waals surface area (Å²) in [5, 5.41) is 0. The van der Waals surface area contributed by atoms with Crippen molar-refractivity contribution < 1.29 is 9.31 Å². The maximum atomic E-state index is 6.82. The third-order valence-electron chi connectivity index (χ3n) is 6.12. The molecule has 2 aromatic rings. The molecular formula is C21H26BNO2. The number of rotatable bonds is 2. The molecule has 1 aliphatic heterocycles. The van der Waals surface area contributed by atoms with Crippen molar-refractivity contribution in [3.63, 3.8) is 0 Å². The second kappa shape index (κ2) is 5.44. The van der Waals surface area contributed by atoms with Gasteiger partial charge in [0.1, 0.15) is 0 Å². The van der Waals surface area contributed by atoms with E-state index >= 15 is 0 Å².